The molecule has 3 aliphatic rings. The Hall–Kier alpha value is -0.160. The summed E-state index contributed by atoms with van der Waals surface area (Å²) in [5, 5.41) is 0. The second-order valence-electron chi connectivity index (χ2n) is 7.05. The molecule has 4 heteroatoms. The van der Waals surface area contributed by atoms with Crippen molar-refractivity contribution in [2.24, 2.45) is 17.6 Å². The number of piperidine rings is 1. The van der Waals surface area contributed by atoms with Crippen molar-refractivity contribution in [3.05, 3.63) is 0 Å². The summed E-state index contributed by atoms with van der Waals surface area (Å²) in [7, 11) is 0. The minimum Gasteiger partial charge on any atom is -0.381 e. The van der Waals surface area contributed by atoms with Crippen LogP contribution in [0.25, 0.3) is 0 Å². The van der Waals surface area contributed by atoms with Gasteiger partial charge in [-0.25, -0.2) is 0 Å². The minimum atomic E-state index is 0.642. The van der Waals surface area contributed by atoms with Crippen LogP contribution in [-0.2, 0) is 9.47 Å². The van der Waals surface area contributed by atoms with E-state index < -0.39 is 0 Å². The molecule has 3 saturated heterocycles. The fourth-order valence-electron chi connectivity index (χ4n) is 3.77. The van der Waals surface area contributed by atoms with E-state index in [-0.39, 0.29) is 0 Å². The van der Waals surface area contributed by atoms with Crippen LogP contribution >= 0.6 is 0 Å². The van der Waals surface area contributed by atoms with E-state index in [2.05, 4.69) is 11.8 Å². The first kappa shape index (κ1) is 18.2. The Balaban J connectivity index is 0.000000188. The predicted octanol–water partition coefficient (Wildman–Crippen LogP) is 2.66. The number of likely N-dealkylation sites (tertiary alicyclic amines) is 1. The molecule has 3 fully saturated rings. The molecule has 0 amide bonds. The highest BCUT2D eigenvalue weighted by Crippen LogP contribution is 2.24. The lowest BCUT2D eigenvalue weighted by Crippen LogP contribution is -2.44. The molecule has 0 aromatic rings. The van der Waals surface area contributed by atoms with Crippen LogP contribution in [0.1, 0.15) is 51.9 Å². The SMILES string of the molecule is CCC1CCN(C2CCOCC2)CC1.NCC1CCCOC1. The van der Waals surface area contributed by atoms with Gasteiger partial charge in [0, 0.05) is 25.9 Å². The summed E-state index contributed by atoms with van der Waals surface area (Å²) in [4.78, 5) is 2.70. The van der Waals surface area contributed by atoms with E-state index in [0.717, 1.165) is 44.9 Å². The van der Waals surface area contributed by atoms with Crippen molar-refractivity contribution in [3.63, 3.8) is 0 Å². The van der Waals surface area contributed by atoms with E-state index in [9.17, 15) is 0 Å². The average Bonchev–Trinajstić information content (AvgIpc) is 2.64. The number of nitrogens with two attached hydrogens (primary N) is 1. The lowest BCUT2D eigenvalue weighted by molar-refractivity contribution is 0.0209. The summed E-state index contributed by atoms with van der Waals surface area (Å²) >= 11 is 0. The van der Waals surface area contributed by atoms with E-state index in [1.165, 1.54) is 58.0 Å². The van der Waals surface area contributed by atoms with Crippen molar-refractivity contribution in [2.45, 2.75) is 57.9 Å². The second-order valence-corrected chi connectivity index (χ2v) is 7.05. The molecule has 3 aliphatic heterocycles. The van der Waals surface area contributed by atoms with Crippen LogP contribution in [0.3, 0.4) is 0 Å². The first-order valence-electron chi connectivity index (χ1n) is 9.43. The monoisotopic (exact) mass is 312 g/mol. The molecule has 0 aromatic carbocycles. The zero-order valence-corrected chi connectivity index (χ0v) is 14.5. The van der Waals surface area contributed by atoms with Crippen molar-refractivity contribution in [2.75, 3.05) is 46.1 Å². The van der Waals surface area contributed by atoms with Crippen LogP contribution in [0.4, 0.5) is 0 Å². The molecule has 0 bridgehead atoms. The Kier molecular flexibility index (Phi) is 8.75. The summed E-state index contributed by atoms with van der Waals surface area (Å²) < 4.78 is 10.6. The minimum absolute atomic E-state index is 0.642. The fourth-order valence-corrected chi connectivity index (χ4v) is 3.77. The Labute approximate surface area is 136 Å². The maximum absolute atomic E-state index is 5.42. The summed E-state index contributed by atoms with van der Waals surface area (Å²) in [6.07, 6.45) is 9.20. The highest BCUT2D eigenvalue weighted by atomic mass is 16.5. The smallest absolute Gasteiger partial charge is 0.0506 e. The molecule has 0 aliphatic carbocycles. The molecule has 3 heterocycles. The predicted molar refractivity (Wildman–Crippen MR) is 91.0 cm³/mol. The maximum atomic E-state index is 5.42. The van der Waals surface area contributed by atoms with E-state index in [4.69, 9.17) is 15.2 Å². The summed E-state index contributed by atoms with van der Waals surface area (Å²) in [5.74, 6) is 1.65. The topological polar surface area (TPSA) is 47.7 Å². The molecule has 1 unspecified atom stereocenters. The van der Waals surface area contributed by atoms with Gasteiger partial charge in [0.15, 0.2) is 0 Å². The van der Waals surface area contributed by atoms with Gasteiger partial charge >= 0.3 is 0 Å². The number of ether oxygens (including phenoxy) is 2. The third-order valence-electron chi connectivity index (χ3n) is 5.52. The largest absolute Gasteiger partial charge is 0.381 e. The third kappa shape index (κ3) is 6.15. The molecular formula is C18H36N2O2. The van der Waals surface area contributed by atoms with Gasteiger partial charge in [0.2, 0.25) is 0 Å². The highest BCUT2D eigenvalue weighted by Gasteiger charge is 2.25. The van der Waals surface area contributed by atoms with Gasteiger partial charge in [-0.05, 0) is 70.0 Å². The normalized spacial score (nSPS) is 28.9. The Morgan fingerprint density at radius 1 is 0.909 bits per heavy atom. The molecule has 0 saturated carbocycles. The van der Waals surface area contributed by atoms with Crippen molar-refractivity contribution >= 4 is 0 Å². The van der Waals surface area contributed by atoms with Crippen molar-refractivity contribution in [1.82, 2.24) is 4.90 Å². The van der Waals surface area contributed by atoms with Crippen LogP contribution in [0, 0.1) is 11.8 Å². The molecular weight excluding hydrogens is 276 g/mol. The summed E-state index contributed by atoms with van der Waals surface area (Å²) in [5.41, 5.74) is 5.42. The Bertz CT molecular complexity index is 268. The van der Waals surface area contributed by atoms with Crippen molar-refractivity contribution in [1.29, 1.82) is 0 Å². The van der Waals surface area contributed by atoms with E-state index in [1.807, 2.05) is 0 Å². The number of hydrogen-bond donors (Lipinski definition) is 1. The van der Waals surface area contributed by atoms with Crippen LogP contribution in [0.5, 0.6) is 0 Å². The van der Waals surface area contributed by atoms with Crippen LogP contribution in [-0.4, -0.2) is 57.0 Å². The van der Waals surface area contributed by atoms with Gasteiger partial charge in [0.05, 0.1) is 6.61 Å². The molecule has 4 nitrogen and oxygen atoms in total. The Morgan fingerprint density at radius 3 is 2.14 bits per heavy atom. The lowest BCUT2D eigenvalue weighted by atomic mass is 9.92. The average molecular weight is 312 g/mol. The standard InChI is InChI=1S/C12H23NO.C6H13NO/c1-2-11-3-7-13(8-4-11)12-5-9-14-10-6-12;7-4-6-2-1-3-8-5-6/h11-12H,2-10H2,1H3;6H,1-5,7H2. The van der Waals surface area contributed by atoms with Gasteiger partial charge < -0.3 is 20.1 Å². The van der Waals surface area contributed by atoms with Gasteiger partial charge in [0.25, 0.3) is 0 Å². The quantitative estimate of drug-likeness (QED) is 0.870. The highest BCUT2D eigenvalue weighted by molar-refractivity contribution is 4.79. The number of hydrogen-bond acceptors (Lipinski definition) is 4. The van der Waals surface area contributed by atoms with E-state index in [0.29, 0.717) is 5.92 Å². The second kappa shape index (κ2) is 10.6. The van der Waals surface area contributed by atoms with E-state index >= 15 is 0 Å². The summed E-state index contributed by atoms with van der Waals surface area (Å²) in [6.45, 7) is 9.59. The van der Waals surface area contributed by atoms with Crippen LogP contribution < -0.4 is 5.73 Å². The first-order chi connectivity index (χ1) is 10.8. The molecule has 3 rings (SSSR count). The van der Waals surface area contributed by atoms with E-state index in [1.54, 1.807) is 0 Å². The number of rotatable bonds is 3. The molecule has 0 spiro atoms. The molecule has 130 valence electrons. The number of nitrogens with zero attached hydrogens (tertiary/aromatic N) is 1. The molecule has 22 heavy (non-hydrogen) atoms. The zero-order valence-electron chi connectivity index (χ0n) is 14.5. The van der Waals surface area contributed by atoms with Crippen LogP contribution in [0.2, 0.25) is 0 Å². The molecule has 0 radical (unpaired) electrons. The molecule has 0 aromatic heterocycles. The van der Waals surface area contributed by atoms with Crippen LogP contribution in [0.15, 0.2) is 0 Å². The van der Waals surface area contributed by atoms with Gasteiger partial charge in [-0.3, -0.25) is 0 Å². The van der Waals surface area contributed by atoms with Gasteiger partial charge in [-0.15, -0.1) is 0 Å². The third-order valence-corrected chi connectivity index (χ3v) is 5.52. The summed E-state index contributed by atoms with van der Waals surface area (Å²) in [6, 6.07) is 0.835. The van der Waals surface area contributed by atoms with Gasteiger partial charge in [0.1, 0.15) is 0 Å². The van der Waals surface area contributed by atoms with Crippen molar-refractivity contribution < 1.29 is 9.47 Å². The fraction of sp³-hybridized carbons (Fsp3) is 1.00. The van der Waals surface area contributed by atoms with Crippen molar-refractivity contribution in [3.8, 4) is 0 Å². The first-order valence-corrected chi connectivity index (χ1v) is 9.43. The maximum Gasteiger partial charge on any atom is 0.0506 e. The zero-order chi connectivity index (χ0) is 15.6. The molecule has 1 atom stereocenters. The lowest BCUT2D eigenvalue weighted by Gasteiger charge is -2.39. The molecule has 2 N–H and O–H groups in total. The van der Waals surface area contributed by atoms with Gasteiger partial charge in [-0.2, -0.15) is 0 Å². The Morgan fingerprint density at radius 2 is 1.64 bits per heavy atom. The van der Waals surface area contributed by atoms with Gasteiger partial charge in [-0.1, -0.05) is 13.3 Å².